The van der Waals surface area contributed by atoms with E-state index >= 15 is 0 Å². The Morgan fingerprint density at radius 1 is 0.527 bits per heavy atom. The van der Waals surface area contributed by atoms with Gasteiger partial charge >= 0.3 is 26.8 Å². The molecule has 16 aromatic rings. The number of aryl methyl sites for hydroxylation is 10. The van der Waals surface area contributed by atoms with Crippen molar-refractivity contribution in [3.63, 3.8) is 0 Å². The summed E-state index contributed by atoms with van der Waals surface area (Å²) >= 11 is 31.9. The van der Waals surface area contributed by atoms with Gasteiger partial charge in [0.15, 0.2) is 35.9 Å². The van der Waals surface area contributed by atoms with Crippen LogP contribution in [0, 0.1) is 115 Å². The molecule has 7 N–H and O–H groups in total. The summed E-state index contributed by atoms with van der Waals surface area (Å²) in [6.07, 6.45) is -4.38. The molecule has 0 spiro atoms. The molecule has 44 heteroatoms. The summed E-state index contributed by atoms with van der Waals surface area (Å²) in [4.78, 5) is 61.8. The summed E-state index contributed by atoms with van der Waals surface area (Å²) in [5.41, 5.74) is 20.8. The number of aliphatic carboxylic acids is 1. The maximum Gasteiger partial charge on any atom is 0.416 e. The van der Waals surface area contributed by atoms with E-state index in [1.165, 1.54) is 170 Å². The largest absolute Gasteiger partial charge is 1.00 e. The standard InChI is InChI=1S/C14H15N3O2S3.C14H14N2O3S2.C10H6ClF3N2S2.2C10H8N2S.C9H6N2OS.C9H6N2S.C8H11NO.C2Cl2NS2.CH4.ClH/c1-6-4-7-9(5-8(6)18)21-12(15-7)13-16-10(11(19)17-20)14(2,3)22-13;1-6-4-7-9(5-8(6)17)20-11(15-7)12-16-10(13(18)19)14(2,3)21-12;1-5-2-3-6(4-7(5)10(12,13)14)15-9-8(11)16-18-17-9;2*1-6-3-8-9(4-7(6)2)13-10(5-11)12-8;1-5-2-6-8(3-7(5)12)13-9(4-10)11-6;1-6-2-3-7-8(4-6)12-9(5-10)11-7;1-6-5-7(9)3-4-8(6)10-2;3-1-2(4)6-7-5-1;;/h4-5,10,18,20H,1-3H3,(H,17,19);4-5,10,17H,1-3H3,(H,18,19);2-4H,1H3;2*3-4H,1-2H3;2-3,12H,1H3;2-4H,1H3;3-5H,9H2,1-2H3;;1H4;1H/q;;;;;;;;+1;;/p-1. The van der Waals surface area contributed by atoms with Crippen molar-refractivity contribution < 1.29 is 60.3 Å². The number of thioether (sulfide) groups is 2. The van der Waals surface area contributed by atoms with Crippen molar-refractivity contribution in [2.75, 3.05) is 12.8 Å². The second-order valence-corrected chi connectivity index (χ2v) is 43.8. The van der Waals surface area contributed by atoms with Gasteiger partial charge in [-0.1, -0.05) is 79.1 Å². The molecule has 0 radical (unpaired) electrons. The van der Waals surface area contributed by atoms with Gasteiger partial charge in [0.1, 0.15) is 73.4 Å². The van der Waals surface area contributed by atoms with Crippen LogP contribution >= 0.6 is 181 Å². The van der Waals surface area contributed by atoms with E-state index in [1.54, 1.807) is 38.3 Å². The average Bonchev–Trinajstić information content (AvgIpc) is 1.62. The van der Waals surface area contributed by atoms with Gasteiger partial charge in [0.25, 0.3) is 16.4 Å². The highest BCUT2D eigenvalue weighted by Gasteiger charge is 2.45. The molecule has 0 bridgehead atoms. The first-order chi connectivity index (χ1) is 60.9. The van der Waals surface area contributed by atoms with Gasteiger partial charge in [-0.2, -0.15) is 38.6 Å². The van der Waals surface area contributed by atoms with Crippen LogP contribution < -0.4 is 32.3 Å². The number of nitrogens with zero attached hydrogens (tertiary/aromatic N) is 15. The third-order valence-corrected chi connectivity index (χ3v) is 32.3. The number of alkyl halides is 3. The number of thiazole rings is 6. The second-order valence-electron chi connectivity index (χ2n) is 29.1. The first kappa shape index (κ1) is 106. The molecule has 0 saturated heterocycles. The van der Waals surface area contributed by atoms with Crippen molar-refractivity contribution in [1.82, 2.24) is 43.4 Å². The molecule has 0 saturated carbocycles. The molecule has 8 aromatic heterocycles. The van der Waals surface area contributed by atoms with E-state index < -0.39 is 34.5 Å². The zero-order valence-electron chi connectivity index (χ0n) is 70.9. The summed E-state index contributed by atoms with van der Waals surface area (Å²) in [6.45, 7) is 26.8. The number of nitrogens with two attached hydrogens (primary N) is 1. The highest BCUT2D eigenvalue weighted by Crippen LogP contribution is 2.45. The van der Waals surface area contributed by atoms with Gasteiger partial charge in [0, 0.05) is 25.7 Å². The number of aromatic hydroxyl groups is 3. The van der Waals surface area contributed by atoms with E-state index in [0.29, 0.717) is 44.2 Å². The Kier molecular flexibility index (Phi) is 37.9. The number of carboxylic acids is 1. The number of carbonyl (C=O) groups excluding carboxylic acids is 1. The van der Waals surface area contributed by atoms with E-state index in [4.69, 9.17) is 66.3 Å². The Balaban J connectivity index is 0.000000184. The third kappa shape index (κ3) is 27.9. The van der Waals surface area contributed by atoms with E-state index in [9.17, 15) is 43.2 Å². The second kappa shape index (κ2) is 46.6. The number of methoxy groups -OCH3 is 1. The Labute approximate surface area is 825 Å². The van der Waals surface area contributed by atoms with Crippen LogP contribution in [-0.2, 0) is 15.8 Å². The lowest BCUT2D eigenvalue weighted by atomic mass is 10.0. The van der Waals surface area contributed by atoms with Crippen LogP contribution in [0.25, 0.3) is 61.3 Å². The summed E-state index contributed by atoms with van der Waals surface area (Å²) in [5.74, 6) is 0.496. The summed E-state index contributed by atoms with van der Waals surface area (Å²) in [5, 5.41) is 78.3. The number of carboxylic acid groups (broad SMARTS) is 1. The van der Waals surface area contributed by atoms with E-state index in [1.807, 2.05) is 128 Å². The number of ether oxygens (including phenoxy) is 1. The van der Waals surface area contributed by atoms with Crippen molar-refractivity contribution in [2.24, 2.45) is 15.0 Å². The Morgan fingerprint density at radius 2 is 0.939 bits per heavy atom. The van der Waals surface area contributed by atoms with Crippen molar-refractivity contribution in [3.8, 4) is 47.3 Å². The molecule has 2 atom stereocenters. The maximum atomic E-state index is 12.7. The number of nitrogens with one attached hydrogen (secondary N) is 1. The number of benzene rings is 8. The number of thiol groups is 1. The number of nitrogen functional groups attached to an aromatic ring is 1. The van der Waals surface area contributed by atoms with E-state index in [0.717, 1.165) is 122 Å². The van der Waals surface area contributed by atoms with Gasteiger partial charge in [-0.3, -0.25) is 14.8 Å². The number of hydrogen-bond donors (Lipinski definition) is 7. The molecule has 2 aliphatic heterocycles. The van der Waals surface area contributed by atoms with Gasteiger partial charge in [0.05, 0.1) is 79.7 Å². The van der Waals surface area contributed by atoms with Crippen molar-refractivity contribution in [1.29, 1.82) is 21.0 Å². The molecule has 24 nitrogen and oxygen atoms in total. The zero-order chi connectivity index (χ0) is 94.4. The number of phenols is 3. The van der Waals surface area contributed by atoms with E-state index in [-0.39, 0.29) is 64.1 Å². The molecule has 8 aromatic carbocycles. The number of phenolic OH excluding ortho intramolecular Hbond substituents is 3. The fourth-order valence-corrected chi connectivity index (χ4v) is 23.4. The monoisotopic (exact) mass is 2090 g/mol. The number of hydrogen-bond acceptors (Lipinski definition) is 34. The number of aliphatic imine (C=N–C) groups is 2. The molecular weight excluding hydrogens is 2010 g/mol. The minimum atomic E-state index is -4.38. The number of anilines is 1. The molecule has 2 aliphatic rings. The van der Waals surface area contributed by atoms with Gasteiger partial charge in [-0.25, -0.2) is 39.7 Å². The molecule has 10 heterocycles. The highest BCUT2D eigenvalue weighted by molar-refractivity contribution is 8.16. The molecule has 1 amide bonds. The van der Waals surface area contributed by atoms with Gasteiger partial charge in [-0.05, 0) is 278 Å². The lowest BCUT2D eigenvalue weighted by Crippen LogP contribution is -3.00. The lowest BCUT2D eigenvalue weighted by Gasteiger charge is -2.21. The fraction of sp³-hybridized carbons (Fsp3) is 0.241. The van der Waals surface area contributed by atoms with Crippen LogP contribution in [0.1, 0.15) is 126 Å². The summed E-state index contributed by atoms with van der Waals surface area (Å²) in [6, 6.07) is 41.1. The minimum absolute atomic E-state index is 0. The van der Waals surface area contributed by atoms with Crippen LogP contribution in [0.15, 0.2) is 130 Å². The molecule has 18 rings (SSSR count). The Morgan fingerprint density at radius 3 is 1.32 bits per heavy atom. The summed E-state index contributed by atoms with van der Waals surface area (Å²) < 4.78 is 59.1. The molecule has 2 unspecified atom stereocenters. The topological polar surface area (TPSA) is 398 Å². The van der Waals surface area contributed by atoms with Crippen LogP contribution in [-0.4, -0.2) is 110 Å². The Hall–Kier alpha value is -9.90. The number of nitriles is 4. The fourth-order valence-electron chi connectivity index (χ4n) is 11.5. The number of fused-ring (bicyclic) bond motifs is 6. The number of carbonyl (C=O) groups is 2. The molecule has 0 aliphatic carbocycles. The first-order valence-electron chi connectivity index (χ1n) is 37.5. The number of aromatic nitrogens is 8. The molecule has 131 heavy (non-hydrogen) atoms. The predicted octanol–water partition coefficient (Wildman–Crippen LogP) is 22.6. The Bertz CT molecular complexity index is 6790. The molecular formula is C87H78Cl4F3N17O7S13. The van der Waals surface area contributed by atoms with Crippen LogP contribution in [0.2, 0.25) is 14.6 Å². The first-order valence-corrected chi connectivity index (χ1v) is 49.8. The van der Waals surface area contributed by atoms with Crippen molar-refractivity contribution in [2.45, 2.75) is 132 Å². The molecule has 0 fully saturated rings. The molecule has 680 valence electrons. The van der Waals surface area contributed by atoms with Crippen LogP contribution in [0.4, 0.5) is 24.5 Å². The van der Waals surface area contributed by atoms with Crippen molar-refractivity contribution in [3.05, 3.63) is 226 Å². The zero-order valence-corrected chi connectivity index (χ0v) is 84.6. The van der Waals surface area contributed by atoms with Gasteiger partial charge in [-0.15, -0.1) is 72.4 Å². The highest BCUT2D eigenvalue weighted by atomic mass is 35.5. The van der Waals surface area contributed by atoms with E-state index in [2.05, 4.69) is 123 Å². The number of amides is 1. The smallest absolute Gasteiger partial charge is 0.416 e. The van der Waals surface area contributed by atoms with Crippen LogP contribution in [0.3, 0.4) is 0 Å². The lowest BCUT2D eigenvalue weighted by molar-refractivity contribution is -0.139. The summed E-state index contributed by atoms with van der Waals surface area (Å²) in [7, 11) is 6.67. The van der Waals surface area contributed by atoms with Gasteiger partial charge in [0.2, 0.25) is 5.15 Å². The number of halogens is 7. The predicted molar refractivity (Wildman–Crippen MR) is 538 cm³/mol. The quantitative estimate of drug-likeness (QED) is 0.0352. The van der Waals surface area contributed by atoms with Gasteiger partial charge < -0.3 is 48.0 Å². The van der Waals surface area contributed by atoms with Crippen LogP contribution in [0.5, 0.6) is 23.0 Å². The van der Waals surface area contributed by atoms with Crippen molar-refractivity contribution >= 4 is 276 Å². The minimum Gasteiger partial charge on any atom is -1.00 e. The normalized spacial score (nSPS) is 13.7. The SMILES string of the molecule is C.COc1ccc(N)cc1C.Cc1cc2nc(C#N)sc2cc1C.Cc1cc2nc(C#N)sc2cc1C.Cc1cc2nc(C#N)sc2cc1O.Cc1cc2nc(C3=NC(C(=O)NS)C(C)(C)S3)sc2cc1O.Cc1cc2nc(C3=NC(C(=O)O)C(C)(C)S3)sc2cc1O.Cc1ccc(N=c2ssnc2Cl)cc1C(F)(F)F.Cc1ccc2nc(C#N)sc2c1.Clc1ns[s+]c1Cl.[Cl-]. The average molecular weight is 2090 g/mol. The third-order valence-electron chi connectivity index (χ3n) is 18.5. The maximum absolute atomic E-state index is 12.7. The number of rotatable bonds is 6.